The van der Waals surface area contributed by atoms with E-state index < -0.39 is 0 Å². The molecular formula is C17H19N3O3. The maximum Gasteiger partial charge on any atom is 0.315 e. The minimum absolute atomic E-state index is 0.0662. The number of carbonyl (C=O) groups is 1. The van der Waals surface area contributed by atoms with Gasteiger partial charge < -0.3 is 20.1 Å². The van der Waals surface area contributed by atoms with Crippen LogP contribution in [0.15, 0.2) is 42.7 Å². The average molecular weight is 313 g/mol. The smallest absolute Gasteiger partial charge is 0.315 e. The third-order valence-electron chi connectivity index (χ3n) is 3.69. The summed E-state index contributed by atoms with van der Waals surface area (Å²) in [7, 11) is 1.62. The fraction of sp³-hybridized carbons (Fsp3) is 0.294. The Hall–Kier alpha value is -2.76. The quantitative estimate of drug-likeness (QED) is 0.904. The standard InChI is InChI=1S/C17H19N3O3/c1-22-15-6-2-5-13-8-14(11-23-16(13)15)20-17(21)19-10-12-4-3-7-18-9-12/h2-7,9,14H,8,10-11H2,1H3,(H2,19,20,21)/t14-/m0/s1. The SMILES string of the molecule is COc1cccc2c1OC[C@@H](NC(=O)NCc1cccnc1)C2. The van der Waals surface area contributed by atoms with E-state index in [-0.39, 0.29) is 12.1 Å². The number of aromatic nitrogens is 1. The van der Waals surface area contributed by atoms with Crippen molar-refractivity contribution in [2.24, 2.45) is 0 Å². The molecule has 3 rings (SSSR count). The maximum atomic E-state index is 12.0. The van der Waals surface area contributed by atoms with Crippen molar-refractivity contribution >= 4 is 6.03 Å². The van der Waals surface area contributed by atoms with Gasteiger partial charge in [-0.3, -0.25) is 4.98 Å². The zero-order valence-corrected chi connectivity index (χ0v) is 12.9. The molecule has 2 heterocycles. The second-order valence-corrected chi connectivity index (χ2v) is 5.35. The highest BCUT2D eigenvalue weighted by molar-refractivity contribution is 5.74. The van der Waals surface area contributed by atoms with E-state index >= 15 is 0 Å². The number of nitrogens with one attached hydrogen (secondary N) is 2. The van der Waals surface area contributed by atoms with Crippen LogP contribution in [-0.4, -0.2) is 30.8 Å². The Morgan fingerprint density at radius 2 is 2.30 bits per heavy atom. The molecule has 0 aliphatic carbocycles. The number of benzene rings is 1. The van der Waals surface area contributed by atoms with E-state index in [1.165, 1.54) is 0 Å². The van der Waals surface area contributed by atoms with Crippen molar-refractivity contribution in [1.29, 1.82) is 0 Å². The minimum atomic E-state index is -0.214. The van der Waals surface area contributed by atoms with Gasteiger partial charge in [-0.2, -0.15) is 0 Å². The van der Waals surface area contributed by atoms with Crippen molar-refractivity contribution < 1.29 is 14.3 Å². The van der Waals surface area contributed by atoms with Gasteiger partial charge in [-0.15, -0.1) is 0 Å². The molecule has 0 fully saturated rings. The summed E-state index contributed by atoms with van der Waals surface area (Å²) in [5.41, 5.74) is 1.99. The number of hydrogen-bond donors (Lipinski definition) is 2. The molecule has 0 saturated carbocycles. The predicted octanol–water partition coefficient (Wildman–Crippen LogP) is 1.89. The average Bonchev–Trinajstić information content (AvgIpc) is 2.60. The highest BCUT2D eigenvalue weighted by atomic mass is 16.5. The van der Waals surface area contributed by atoms with Gasteiger partial charge >= 0.3 is 6.03 Å². The maximum absolute atomic E-state index is 12.0. The Kier molecular flexibility index (Phi) is 4.61. The van der Waals surface area contributed by atoms with Crippen LogP contribution in [0.4, 0.5) is 4.79 Å². The Labute approximate surface area is 134 Å². The molecule has 0 spiro atoms. The van der Waals surface area contributed by atoms with Crippen LogP contribution in [0, 0.1) is 0 Å². The molecule has 23 heavy (non-hydrogen) atoms. The summed E-state index contributed by atoms with van der Waals surface area (Å²) in [6.07, 6.45) is 4.15. The number of nitrogens with zero attached hydrogens (tertiary/aromatic N) is 1. The lowest BCUT2D eigenvalue weighted by Crippen LogP contribution is -2.47. The van der Waals surface area contributed by atoms with E-state index in [0.29, 0.717) is 19.6 Å². The van der Waals surface area contributed by atoms with Crippen molar-refractivity contribution in [1.82, 2.24) is 15.6 Å². The molecular weight excluding hydrogens is 294 g/mol. The summed E-state index contributed by atoms with van der Waals surface area (Å²) >= 11 is 0. The molecule has 6 nitrogen and oxygen atoms in total. The first-order chi connectivity index (χ1) is 11.3. The van der Waals surface area contributed by atoms with Gasteiger partial charge in [0.15, 0.2) is 11.5 Å². The summed E-state index contributed by atoms with van der Waals surface area (Å²) in [6.45, 7) is 0.866. The van der Waals surface area contributed by atoms with Gasteiger partial charge in [-0.05, 0) is 24.1 Å². The molecule has 6 heteroatoms. The first kappa shape index (κ1) is 15.1. The van der Waals surface area contributed by atoms with E-state index in [2.05, 4.69) is 15.6 Å². The first-order valence-electron chi connectivity index (χ1n) is 7.48. The first-order valence-corrected chi connectivity index (χ1v) is 7.48. The molecule has 2 N–H and O–H groups in total. The molecule has 2 amide bonds. The molecule has 0 bridgehead atoms. The zero-order chi connectivity index (χ0) is 16.1. The molecule has 1 aromatic heterocycles. The molecule has 1 atom stereocenters. The fourth-order valence-electron chi connectivity index (χ4n) is 2.57. The van der Waals surface area contributed by atoms with Gasteiger partial charge in [0, 0.05) is 24.5 Å². The topological polar surface area (TPSA) is 72.5 Å². The highest BCUT2D eigenvalue weighted by Crippen LogP contribution is 2.34. The zero-order valence-electron chi connectivity index (χ0n) is 12.9. The normalized spacial score (nSPS) is 16.0. The predicted molar refractivity (Wildman–Crippen MR) is 85.6 cm³/mol. The van der Waals surface area contributed by atoms with Crippen LogP contribution in [0.2, 0.25) is 0 Å². The third kappa shape index (κ3) is 3.71. The lowest BCUT2D eigenvalue weighted by molar-refractivity contribution is 0.210. The number of amides is 2. The van der Waals surface area contributed by atoms with Crippen molar-refractivity contribution in [2.75, 3.05) is 13.7 Å². The molecule has 2 aromatic rings. The monoisotopic (exact) mass is 313 g/mol. The Morgan fingerprint density at radius 1 is 1.39 bits per heavy atom. The number of methoxy groups -OCH3 is 1. The Balaban J connectivity index is 1.54. The van der Waals surface area contributed by atoms with E-state index in [0.717, 1.165) is 22.6 Å². The number of para-hydroxylation sites is 1. The molecule has 120 valence electrons. The van der Waals surface area contributed by atoms with Gasteiger partial charge in [0.1, 0.15) is 6.61 Å². The van der Waals surface area contributed by atoms with Gasteiger partial charge in [-0.25, -0.2) is 4.79 Å². The number of urea groups is 1. The molecule has 0 radical (unpaired) electrons. The molecule has 0 unspecified atom stereocenters. The van der Waals surface area contributed by atoms with Crippen LogP contribution >= 0.6 is 0 Å². The number of fused-ring (bicyclic) bond motifs is 1. The number of rotatable bonds is 4. The summed E-state index contributed by atoms with van der Waals surface area (Å²) in [6, 6.07) is 9.25. The Morgan fingerprint density at radius 3 is 3.09 bits per heavy atom. The number of carbonyl (C=O) groups excluding carboxylic acids is 1. The van der Waals surface area contributed by atoms with E-state index in [1.807, 2.05) is 30.3 Å². The van der Waals surface area contributed by atoms with Crippen molar-refractivity contribution in [3.8, 4) is 11.5 Å². The lowest BCUT2D eigenvalue weighted by Gasteiger charge is -2.27. The van der Waals surface area contributed by atoms with E-state index in [4.69, 9.17) is 9.47 Å². The van der Waals surface area contributed by atoms with Crippen LogP contribution in [0.3, 0.4) is 0 Å². The molecule has 0 saturated heterocycles. The molecule has 1 aliphatic rings. The highest BCUT2D eigenvalue weighted by Gasteiger charge is 2.23. The second-order valence-electron chi connectivity index (χ2n) is 5.35. The van der Waals surface area contributed by atoms with Crippen LogP contribution < -0.4 is 20.1 Å². The summed E-state index contributed by atoms with van der Waals surface area (Å²) in [4.78, 5) is 16.0. The molecule has 1 aliphatic heterocycles. The number of ether oxygens (including phenoxy) is 2. The minimum Gasteiger partial charge on any atom is -0.493 e. The van der Waals surface area contributed by atoms with Crippen molar-refractivity contribution in [3.63, 3.8) is 0 Å². The second kappa shape index (κ2) is 7.00. The van der Waals surface area contributed by atoms with E-state index in [9.17, 15) is 4.79 Å². The third-order valence-corrected chi connectivity index (χ3v) is 3.69. The van der Waals surface area contributed by atoms with Gasteiger partial charge in [0.2, 0.25) is 0 Å². The van der Waals surface area contributed by atoms with Crippen LogP contribution in [0.1, 0.15) is 11.1 Å². The van der Waals surface area contributed by atoms with Crippen LogP contribution in [-0.2, 0) is 13.0 Å². The fourth-order valence-corrected chi connectivity index (χ4v) is 2.57. The van der Waals surface area contributed by atoms with Gasteiger partial charge in [0.25, 0.3) is 0 Å². The van der Waals surface area contributed by atoms with Crippen molar-refractivity contribution in [2.45, 2.75) is 19.0 Å². The summed E-state index contributed by atoms with van der Waals surface area (Å²) in [5, 5.41) is 5.75. The largest absolute Gasteiger partial charge is 0.493 e. The lowest BCUT2D eigenvalue weighted by atomic mass is 10.0. The molecule has 1 aromatic carbocycles. The van der Waals surface area contributed by atoms with Crippen LogP contribution in [0.5, 0.6) is 11.5 Å². The Bertz CT molecular complexity index is 676. The summed E-state index contributed by atoms with van der Waals surface area (Å²) < 4.78 is 11.0. The summed E-state index contributed by atoms with van der Waals surface area (Å²) in [5.74, 6) is 1.49. The van der Waals surface area contributed by atoms with Crippen molar-refractivity contribution in [3.05, 3.63) is 53.9 Å². The number of hydrogen-bond acceptors (Lipinski definition) is 4. The number of pyridine rings is 1. The van der Waals surface area contributed by atoms with E-state index in [1.54, 1.807) is 19.5 Å². The van der Waals surface area contributed by atoms with Crippen LogP contribution in [0.25, 0.3) is 0 Å². The van der Waals surface area contributed by atoms with Gasteiger partial charge in [0.05, 0.1) is 13.2 Å². The van der Waals surface area contributed by atoms with Gasteiger partial charge in [-0.1, -0.05) is 18.2 Å².